The van der Waals surface area contributed by atoms with Crippen molar-refractivity contribution in [2.75, 3.05) is 31.1 Å². The van der Waals surface area contributed by atoms with Crippen LogP contribution in [0.5, 0.6) is 0 Å². The molecule has 0 aliphatic carbocycles. The molecule has 0 aromatic carbocycles. The Hall–Kier alpha value is -1.85. The van der Waals surface area contributed by atoms with Gasteiger partial charge in [0, 0.05) is 37.6 Å². The van der Waals surface area contributed by atoms with E-state index in [1.165, 1.54) is 0 Å². The maximum absolute atomic E-state index is 12.3. The molecule has 1 aromatic rings. The standard InChI is InChI=1S/C18H28N4O2/c1-12-8-13(2)20-16(19-12)21-7-6-14-9-22(11-15(14)10-21)17(23)24-18(3,4)5/h8,14-15H,6-7,9-11H2,1-5H3/t14-,15+/m0/s1. The maximum Gasteiger partial charge on any atom is 0.410 e. The highest BCUT2D eigenvalue weighted by Gasteiger charge is 2.40. The number of likely N-dealkylation sites (tertiary alicyclic amines) is 1. The van der Waals surface area contributed by atoms with Gasteiger partial charge in [0.15, 0.2) is 0 Å². The molecule has 6 nitrogen and oxygen atoms in total. The summed E-state index contributed by atoms with van der Waals surface area (Å²) in [6.07, 6.45) is 0.881. The van der Waals surface area contributed by atoms with Crippen LogP contribution in [0.2, 0.25) is 0 Å². The Morgan fingerprint density at radius 1 is 1.12 bits per heavy atom. The fourth-order valence-electron chi connectivity index (χ4n) is 3.67. The highest BCUT2D eigenvalue weighted by atomic mass is 16.6. The Morgan fingerprint density at radius 3 is 2.38 bits per heavy atom. The highest BCUT2D eigenvalue weighted by Crippen LogP contribution is 2.33. The second-order valence-corrected chi connectivity index (χ2v) is 8.09. The number of hydrogen-bond acceptors (Lipinski definition) is 5. The molecular formula is C18H28N4O2. The summed E-state index contributed by atoms with van der Waals surface area (Å²) in [5, 5.41) is 0. The van der Waals surface area contributed by atoms with E-state index >= 15 is 0 Å². The maximum atomic E-state index is 12.3. The van der Waals surface area contributed by atoms with Crippen LogP contribution in [0.25, 0.3) is 0 Å². The van der Waals surface area contributed by atoms with Crippen molar-refractivity contribution in [3.63, 3.8) is 0 Å². The van der Waals surface area contributed by atoms with E-state index in [0.29, 0.717) is 11.8 Å². The minimum atomic E-state index is -0.441. The van der Waals surface area contributed by atoms with Gasteiger partial charge in [0.1, 0.15) is 5.60 Å². The van der Waals surface area contributed by atoms with Crippen molar-refractivity contribution >= 4 is 12.0 Å². The van der Waals surface area contributed by atoms with E-state index in [1.54, 1.807) is 0 Å². The van der Waals surface area contributed by atoms with Crippen molar-refractivity contribution in [3.05, 3.63) is 17.5 Å². The van der Waals surface area contributed by atoms with Crippen molar-refractivity contribution in [1.82, 2.24) is 14.9 Å². The zero-order valence-electron chi connectivity index (χ0n) is 15.4. The molecule has 0 bridgehead atoms. The molecule has 0 unspecified atom stereocenters. The second-order valence-electron chi connectivity index (χ2n) is 8.09. The summed E-state index contributed by atoms with van der Waals surface area (Å²) >= 11 is 0. The summed E-state index contributed by atoms with van der Waals surface area (Å²) in [4.78, 5) is 25.6. The molecule has 2 aliphatic rings. The number of aromatic nitrogens is 2. The normalized spacial score (nSPS) is 24.0. The van der Waals surface area contributed by atoms with Crippen LogP contribution >= 0.6 is 0 Å². The van der Waals surface area contributed by atoms with Crippen molar-refractivity contribution in [1.29, 1.82) is 0 Å². The lowest BCUT2D eigenvalue weighted by Gasteiger charge is -2.34. The van der Waals surface area contributed by atoms with Crippen LogP contribution in [0.4, 0.5) is 10.7 Å². The third kappa shape index (κ3) is 3.79. The predicted octanol–water partition coefficient (Wildman–Crippen LogP) is 2.79. The first-order valence-corrected chi connectivity index (χ1v) is 8.76. The topological polar surface area (TPSA) is 58.6 Å². The Kier molecular flexibility index (Phi) is 4.40. The highest BCUT2D eigenvalue weighted by molar-refractivity contribution is 5.68. The zero-order valence-corrected chi connectivity index (χ0v) is 15.4. The van der Waals surface area contributed by atoms with Gasteiger partial charge in [-0.05, 0) is 58.9 Å². The van der Waals surface area contributed by atoms with Crippen LogP contribution in [0.3, 0.4) is 0 Å². The van der Waals surface area contributed by atoms with Gasteiger partial charge in [0.2, 0.25) is 5.95 Å². The largest absolute Gasteiger partial charge is 0.444 e. The fraction of sp³-hybridized carbons (Fsp3) is 0.722. The summed E-state index contributed by atoms with van der Waals surface area (Å²) in [5.74, 6) is 1.84. The Bertz CT molecular complexity index is 606. The number of piperidine rings is 1. The number of amides is 1. The monoisotopic (exact) mass is 332 g/mol. The van der Waals surface area contributed by atoms with Gasteiger partial charge in [-0.2, -0.15) is 0 Å². The molecule has 2 saturated heterocycles. The lowest BCUT2D eigenvalue weighted by atomic mass is 9.89. The predicted molar refractivity (Wildman–Crippen MR) is 93.1 cm³/mol. The van der Waals surface area contributed by atoms with Crippen LogP contribution < -0.4 is 4.90 Å². The van der Waals surface area contributed by atoms with E-state index in [2.05, 4.69) is 14.9 Å². The van der Waals surface area contributed by atoms with Gasteiger partial charge in [0.05, 0.1) is 0 Å². The molecule has 1 amide bonds. The zero-order chi connectivity index (χ0) is 17.5. The second kappa shape index (κ2) is 6.22. The third-order valence-corrected chi connectivity index (χ3v) is 4.71. The number of hydrogen-bond donors (Lipinski definition) is 0. The molecule has 0 saturated carbocycles. The van der Waals surface area contributed by atoms with Crippen molar-refractivity contribution in [2.45, 2.75) is 46.6 Å². The number of ether oxygens (including phenoxy) is 1. The third-order valence-electron chi connectivity index (χ3n) is 4.71. The number of carbonyl (C=O) groups is 1. The van der Waals surface area contributed by atoms with E-state index < -0.39 is 5.60 Å². The number of carbonyl (C=O) groups excluding carboxylic acids is 1. The van der Waals surface area contributed by atoms with Crippen LogP contribution in [0, 0.1) is 25.7 Å². The van der Waals surface area contributed by atoms with E-state index in [0.717, 1.165) is 49.9 Å². The van der Waals surface area contributed by atoms with Gasteiger partial charge in [-0.25, -0.2) is 14.8 Å². The molecule has 132 valence electrons. The van der Waals surface area contributed by atoms with E-state index in [1.807, 2.05) is 45.6 Å². The molecule has 1 aromatic heterocycles. The SMILES string of the molecule is Cc1cc(C)nc(N2CC[C@H]3CN(C(=O)OC(C)(C)C)C[C@H]3C2)n1. The van der Waals surface area contributed by atoms with Gasteiger partial charge in [-0.1, -0.05) is 0 Å². The number of fused-ring (bicyclic) bond motifs is 1. The Labute approximate surface area is 144 Å². The average Bonchev–Trinajstić information content (AvgIpc) is 2.87. The first-order chi connectivity index (χ1) is 11.2. The molecule has 24 heavy (non-hydrogen) atoms. The van der Waals surface area contributed by atoms with Gasteiger partial charge >= 0.3 is 6.09 Å². The lowest BCUT2D eigenvalue weighted by molar-refractivity contribution is 0.0285. The molecule has 0 N–H and O–H groups in total. The molecule has 2 fully saturated rings. The molecular weight excluding hydrogens is 304 g/mol. The molecule has 2 atom stereocenters. The summed E-state index contributed by atoms with van der Waals surface area (Å²) in [5.41, 5.74) is 1.56. The van der Waals surface area contributed by atoms with Crippen molar-refractivity contribution < 1.29 is 9.53 Å². The minimum absolute atomic E-state index is 0.189. The molecule has 2 aliphatic heterocycles. The average molecular weight is 332 g/mol. The van der Waals surface area contributed by atoms with Gasteiger partial charge in [-0.15, -0.1) is 0 Å². The van der Waals surface area contributed by atoms with E-state index in [4.69, 9.17) is 4.74 Å². The van der Waals surface area contributed by atoms with Gasteiger partial charge < -0.3 is 14.5 Å². The molecule has 3 rings (SSSR count). The smallest absolute Gasteiger partial charge is 0.410 e. The molecule has 0 spiro atoms. The van der Waals surface area contributed by atoms with Crippen molar-refractivity contribution in [2.24, 2.45) is 11.8 Å². The van der Waals surface area contributed by atoms with Gasteiger partial charge in [-0.3, -0.25) is 0 Å². The first-order valence-electron chi connectivity index (χ1n) is 8.76. The summed E-state index contributed by atoms with van der Waals surface area (Å²) < 4.78 is 5.52. The van der Waals surface area contributed by atoms with E-state index in [-0.39, 0.29) is 6.09 Å². The fourth-order valence-corrected chi connectivity index (χ4v) is 3.67. The van der Waals surface area contributed by atoms with Crippen molar-refractivity contribution in [3.8, 4) is 0 Å². The van der Waals surface area contributed by atoms with Crippen LogP contribution in [-0.2, 0) is 4.74 Å². The summed E-state index contributed by atoms with van der Waals surface area (Å²) in [6, 6.07) is 2.00. The number of anilines is 1. The molecule has 3 heterocycles. The quantitative estimate of drug-likeness (QED) is 0.791. The Balaban J connectivity index is 1.65. The number of nitrogens with zero attached hydrogens (tertiary/aromatic N) is 4. The number of rotatable bonds is 1. The lowest BCUT2D eigenvalue weighted by Crippen LogP contribution is -2.41. The van der Waals surface area contributed by atoms with Crippen LogP contribution in [-0.4, -0.2) is 52.7 Å². The molecule has 6 heteroatoms. The van der Waals surface area contributed by atoms with Gasteiger partial charge in [0.25, 0.3) is 0 Å². The summed E-state index contributed by atoms with van der Waals surface area (Å²) in [7, 11) is 0. The van der Waals surface area contributed by atoms with Crippen LogP contribution in [0.1, 0.15) is 38.6 Å². The molecule has 0 radical (unpaired) electrons. The first kappa shape index (κ1) is 17.0. The van der Waals surface area contributed by atoms with Crippen LogP contribution in [0.15, 0.2) is 6.07 Å². The Morgan fingerprint density at radius 2 is 1.75 bits per heavy atom. The number of aryl methyl sites for hydroxylation is 2. The minimum Gasteiger partial charge on any atom is -0.444 e. The summed E-state index contributed by atoms with van der Waals surface area (Å²) in [6.45, 7) is 13.2. The van der Waals surface area contributed by atoms with E-state index in [9.17, 15) is 4.79 Å².